The van der Waals surface area contributed by atoms with Crippen molar-refractivity contribution in [3.63, 3.8) is 0 Å². The van der Waals surface area contributed by atoms with Gasteiger partial charge in [-0.1, -0.05) is 30.3 Å². The molecule has 0 aliphatic carbocycles. The Morgan fingerprint density at radius 3 is 2.68 bits per heavy atom. The summed E-state index contributed by atoms with van der Waals surface area (Å²) in [5.41, 5.74) is 6.39. The van der Waals surface area contributed by atoms with Crippen molar-refractivity contribution < 1.29 is 24.2 Å². The average Bonchev–Trinajstić information content (AvgIpc) is 2.64. The molecule has 2 aliphatic heterocycles. The van der Waals surface area contributed by atoms with Gasteiger partial charge >= 0.3 is 5.97 Å². The molecule has 4 N–H and O–H groups in total. The van der Waals surface area contributed by atoms with Crippen LogP contribution in [0.15, 0.2) is 41.8 Å². The summed E-state index contributed by atoms with van der Waals surface area (Å²) in [7, 11) is 1.36. The number of hydrogen-bond donors (Lipinski definition) is 3. The second kappa shape index (κ2) is 6.77. The van der Waals surface area contributed by atoms with E-state index in [4.69, 9.17) is 10.5 Å². The molecule has 2 heterocycles. The van der Waals surface area contributed by atoms with E-state index in [0.29, 0.717) is 11.3 Å². The summed E-state index contributed by atoms with van der Waals surface area (Å²) in [5, 5.41) is 11.5. The van der Waals surface area contributed by atoms with Gasteiger partial charge in [-0.05, 0) is 5.56 Å². The molecule has 0 aromatic heterocycles. The fourth-order valence-corrected chi connectivity index (χ4v) is 4.11. The Bertz CT molecular complexity index is 751. The van der Waals surface area contributed by atoms with Crippen LogP contribution in [0.5, 0.6) is 0 Å². The van der Waals surface area contributed by atoms with Crippen LogP contribution < -0.4 is 11.1 Å². The van der Waals surface area contributed by atoms with Crippen LogP contribution in [0.4, 0.5) is 0 Å². The first-order valence-electron chi connectivity index (χ1n) is 7.51. The fraction of sp³-hybridized carbons (Fsp3) is 0.312. The molecule has 9 heteroatoms. The Hall–Kier alpha value is -2.52. The smallest absolute Gasteiger partial charge is 0.356 e. The van der Waals surface area contributed by atoms with E-state index in [1.807, 2.05) is 6.07 Å². The molecule has 0 bridgehead atoms. The summed E-state index contributed by atoms with van der Waals surface area (Å²) in [6.07, 6.45) is 0. The number of fused-ring (bicyclic) bond motifs is 1. The monoisotopic (exact) mass is 363 g/mol. The number of nitrogens with two attached hydrogens (primary N) is 1. The first kappa shape index (κ1) is 17.3. The summed E-state index contributed by atoms with van der Waals surface area (Å²) in [4.78, 5) is 37.3. The van der Waals surface area contributed by atoms with Gasteiger partial charge in [-0.25, -0.2) is 4.79 Å². The Kier molecular flexibility index (Phi) is 4.69. The van der Waals surface area contributed by atoms with Crippen molar-refractivity contribution in [2.45, 2.75) is 17.5 Å². The number of carboxylic acid groups (broad SMARTS) is 1. The van der Waals surface area contributed by atoms with Gasteiger partial charge in [0.15, 0.2) is 5.70 Å². The average molecular weight is 363 g/mol. The molecule has 1 aromatic rings. The Labute approximate surface area is 148 Å². The molecule has 1 saturated heterocycles. The molecule has 3 atom stereocenters. The molecule has 0 radical (unpaired) electrons. The second-order valence-corrected chi connectivity index (χ2v) is 6.67. The lowest BCUT2D eigenvalue weighted by Gasteiger charge is -2.49. The first-order chi connectivity index (χ1) is 12.0. The number of amides is 2. The normalized spacial score (nSPS) is 23.4. The van der Waals surface area contributed by atoms with E-state index in [1.165, 1.54) is 18.9 Å². The zero-order chi connectivity index (χ0) is 18.1. The minimum Gasteiger partial charge on any atom is -0.498 e. The number of rotatable bonds is 5. The summed E-state index contributed by atoms with van der Waals surface area (Å²) >= 11 is 1.33. The number of carbonyl (C=O) groups is 3. The van der Waals surface area contributed by atoms with Gasteiger partial charge in [-0.2, -0.15) is 0 Å². The molecule has 1 aromatic carbocycles. The molecule has 8 nitrogen and oxygen atoms in total. The molecule has 2 amide bonds. The van der Waals surface area contributed by atoms with Crippen molar-refractivity contribution in [2.24, 2.45) is 5.73 Å². The molecule has 0 spiro atoms. The number of hydrogen-bond acceptors (Lipinski definition) is 6. The molecule has 0 saturated carbocycles. The third-order valence-electron chi connectivity index (χ3n) is 4.12. The van der Waals surface area contributed by atoms with E-state index in [-0.39, 0.29) is 11.5 Å². The van der Waals surface area contributed by atoms with Crippen molar-refractivity contribution in [1.29, 1.82) is 0 Å². The van der Waals surface area contributed by atoms with Crippen LogP contribution in [-0.4, -0.2) is 52.1 Å². The van der Waals surface area contributed by atoms with Gasteiger partial charge < -0.3 is 20.9 Å². The number of carbonyl (C=O) groups excluding carboxylic acids is 2. The maximum absolute atomic E-state index is 12.4. The molecule has 3 rings (SSSR count). The molecule has 2 aliphatic rings. The molecule has 132 valence electrons. The minimum absolute atomic E-state index is 0.172. The highest BCUT2D eigenvalue weighted by molar-refractivity contribution is 8.00. The van der Waals surface area contributed by atoms with Gasteiger partial charge in [-0.15, -0.1) is 11.8 Å². The van der Waals surface area contributed by atoms with Crippen LogP contribution in [0, 0.1) is 0 Å². The highest BCUT2D eigenvalue weighted by Crippen LogP contribution is 2.40. The van der Waals surface area contributed by atoms with Crippen LogP contribution in [-0.2, 0) is 19.1 Å². The van der Waals surface area contributed by atoms with Crippen molar-refractivity contribution in [3.8, 4) is 0 Å². The number of aliphatic carboxylic acids is 1. The summed E-state index contributed by atoms with van der Waals surface area (Å²) in [6, 6.07) is 7.10. The van der Waals surface area contributed by atoms with Crippen molar-refractivity contribution in [2.75, 3.05) is 12.9 Å². The lowest BCUT2D eigenvalue weighted by atomic mass is 10.0. The quantitative estimate of drug-likeness (QED) is 0.631. The third-order valence-corrected chi connectivity index (χ3v) is 5.37. The van der Waals surface area contributed by atoms with Gasteiger partial charge in [0.25, 0.3) is 5.91 Å². The summed E-state index contributed by atoms with van der Waals surface area (Å²) in [5.74, 6) is -1.67. The van der Waals surface area contributed by atoms with E-state index in [0.717, 1.165) is 4.90 Å². The number of carboxylic acids is 1. The largest absolute Gasteiger partial charge is 0.498 e. The van der Waals surface area contributed by atoms with Gasteiger partial charge in [0, 0.05) is 0 Å². The lowest BCUT2D eigenvalue weighted by molar-refractivity contribution is -0.151. The van der Waals surface area contributed by atoms with E-state index >= 15 is 0 Å². The minimum atomic E-state index is -1.23. The number of ether oxygens (including phenoxy) is 1. The van der Waals surface area contributed by atoms with Crippen molar-refractivity contribution in [1.82, 2.24) is 10.2 Å². The van der Waals surface area contributed by atoms with Crippen LogP contribution in [0.3, 0.4) is 0 Å². The number of β-lactam (4-membered cyclic amide) rings is 1. The Morgan fingerprint density at radius 1 is 1.40 bits per heavy atom. The van der Waals surface area contributed by atoms with E-state index in [9.17, 15) is 19.5 Å². The van der Waals surface area contributed by atoms with Gasteiger partial charge in [0.1, 0.15) is 23.2 Å². The fourth-order valence-electron chi connectivity index (χ4n) is 2.80. The first-order valence-corrected chi connectivity index (χ1v) is 8.56. The summed E-state index contributed by atoms with van der Waals surface area (Å²) < 4.78 is 5.06. The van der Waals surface area contributed by atoms with E-state index in [2.05, 4.69) is 5.32 Å². The van der Waals surface area contributed by atoms with Gasteiger partial charge in [0.2, 0.25) is 5.91 Å². The van der Waals surface area contributed by atoms with Crippen LogP contribution in [0.2, 0.25) is 0 Å². The van der Waals surface area contributed by atoms with Gasteiger partial charge in [-0.3, -0.25) is 14.5 Å². The predicted octanol–water partition coefficient (Wildman–Crippen LogP) is 0.0289. The molecule has 1 fully saturated rings. The maximum atomic E-state index is 12.4. The van der Waals surface area contributed by atoms with E-state index in [1.54, 1.807) is 24.3 Å². The maximum Gasteiger partial charge on any atom is 0.356 e. The highest BCUT2D eigenvalue weighted by Gasteiger charge is 2.54. The lowest BCUT2D eigenvalue weighted by Crippen LogP contribution is -2.71. The standard InChI is InChI=1S/C16H17N3O5S/c1-24-9-7-25-15-11(14(21)19(15)12(9)16(22)23)18-13(20)10(17)8-5-3-2-4-6-8/h2-6,10-11,15H,7,17H2,1H3,(H,18,20)(H,22,23)/t10-,11?,15-/m0/s1. The Morgan fingerprint density at radius 2 is 2.08 bits per heavy atom. The topological polar surface area (TPSA) is 122 Å². The van der Waals surface area contributed by atoms with Gasteiger partial charge in [0.05, 0.1) is 12.9 Å². The van der Waals surface area contributed by atoms with Crippen molar-refractivity contribution in [3.05, 3.63) is 47.4 Å². The molecule has 25 heavy (non-hydrogen) atoms. The van der Waals surface area contributed by atoms with Crippen LogP contribution in [0.1, 0.15) is 11.6 Å². The molecule has 1 unspecified atom stereocenters. The number of thioether (sulfide) groups is 1. The predicted molar refractivity (Wildman–Crippen MR) is 90.1 cm³/mol. The SMILES string of the molecule is COC1=C(C(=O)O)N2C(=O)C(NC(=O)[C@@H](N)c3ccccc3)[C@@H]2SC1. The number of benzene rings is 1. The highest BCUT2D eigenvalue weighted by atomic mass is 32.2. The van der Waals surface area contributed by atoms with Crippen LogP contribution in [0.25, 0.3) is 0 Å². The molecular formula is C16H17N3O5S. The number of methoxy groups -OCH3 is 1. The number of nitrogens with zero attached hydrogens (tertiary/aromatic N) is 1. The summed E-state index contributed by atoms with van der Waals surface area (Å²) in [6.45, 7) is 0. The zero-order valence-electron chi connectivity index (χ0n) is 13.3. The van der Waals surface area contributed by atoms with E-state index < -0.39 is 35.2 Å². The van der Waals surface area contributed by atoms with Crippen LogP contribution >= 0.6 is 11.8 Å². The second-order valence-electron chi connectivity index (χ2n) is 5.57. The number of nitrogens with one attached hydrogen (secondary N) is 1. The molecular weight excluding hydrogens is 346 g/mol. The third kappa shape index (κ3) is 2.96. The van der Waals surface area contributed by atoms with Crippen molar-refractivity contribution >= 4 is 29.5 Å². The Balaban J connectivity index is 1.73. The zero-order valence-corrected chi connectivity index (χ0v) is 14.2.